The summed E-state index contributed by atoms with van der Waals surface area (Å²) < 4.78 is 10.9. The Balaban J connectivity index is 1.90. The van der Waals surface area contributed by atoms with Crippen molar-refractivity contribution in [3.63, 3.8) is 0 Å². The van der Waals surface area contributed by atoms with Crippen molar-refractivity contribution in [3.05, 3.63) is 60.2 Å². The summed E-state index contributed by atoms with van der Waals surface area (Å²) in [7, 11) is 0. The van der Waals surface area contributed by atoms with Crippen LogP contribution in [0.3, 0.4) is 0 Å². The first-order chi connectivity index (χ1) is 13.8. The van der Waals surface area contributed by atoms with Gasteiger partial charge in [0.15, 0.2) is 0 Å². The Bertz CT molecular complexity index is 785. The number of hydrogen-bond donors (Lipinski definition) is 3. The molecule has 0 unspecified atom stereocenters. The molecule has 29 heavy (non-hydrogen) atoms. The fraction of sp³-hybridized carbons (Fsp3) is 0.364. The van der Waals surface area contributed by atoms with Crippen LogP contribution in [0.15, 0.2) is 54.6 Å². The van der Waals surface area contributed by atoms with Crippen LogP contribution in [0.2, 0.25) is 0 Å². The van der Waals surface area contributed by atoms with Crippen molar-refractivity contribution in [2.45, 2.75) is 45.5 Å². The lowest BCUT2D eigenvalue weighted by Gasteiger charge is -2.20. The Morgan fingerprint density at radius 2 is 1.55 bits per heavy atom. The summed E-state index contributed by atoms with van der Waals surface area (Å²) in [6.07, 6.45) is -1.14. The van der Waals surface area contributed by atoms with Gasteiger partial charge in [0.2, 0.25) is 0 Å². The molecule has 0 bridgehead atoms. The molecule has 0 heterocycles. The number of ether oxygens (including phenoxy) is 2. The van der Waals surface area contributed by atoms with E-state index in [4.69, 9.17) is 9.47 Å². The number of rotatable bonds is 8. The summed E-state index contributed by atoms with van der Waals surface area (Å²) >= 11 is 0. The van der Waals surface area contributed by atoms with Gasteiger partial charge in [0, 0.05) is 24.4 Å². The maximum Gasteiger partial charge on any atom is 0.412 e. The second kappa shape index (κ2) is 10.6. The number of carbonyl (C=O) groups excluding carboxylic acids is 2. The summed E-state index contributed by atoms with van der Waals surface area (Å²) in [4.78, 5) is 24.3. The van der Waals surface area contributed by atoms with Crippen LogP contribution < -0.4 is 10.6 Å². The van der Waals surface area contributed by atoms with Crippen LogP contribution in [-0.4, -0.2) is 35.4 Å². The first kappa shape index (κ1) is 22.4. The third-order valence-electron chi connectivity index (χ3n) is 3.78. The quantitative estimate of drug-likeness (QED) is 0.624. The number of anilines is 2. The molecule has 7 nitrogen and oxygen atoms in total. The molecule has 0 aliphatic rings. The van der Waals surface area contributed by atoms with Crippen molar-refractivity contribution in [2.75, 3.05) is 17.2 Å². The molecule has 0 aromatic heterocycles. The highest BCUT2D eigenvalue weighted by atomic mass is 16.6. The maximum atomic E-state index is 12.5. The highest BCUT2D eigenvalue weighted by molar-refractivity contribution is 5.94. The second-order valence-corrected chi connectivity index (χ2v) is 7.49. The fourth-order valence-corrected chi connectivity index (χ4v) is 2.46. The highest BCUT2D eigenvalue weighted by Crippen LogP contribution is 2.16. The lowest BCUT2D eigenvalue weighted by atomic mass is 10.2. The predicted octanol–water partition coefficient (Wildman–Crippen LogP) is 3.94. The van der Waals surface area contributed by atoms with E-state index in [1.807, 2.05) is 30.3 Å². The van der Waals surface area contributed by atoms with Gasteiger partial charge in [0.1, 0.15) is 11.7 Å². The molecule has 3 N–H and O–H groups in total. The van der Waals surface area contributed by atoms with Crippen LogP contribution in [-0.2, 0) is 20.9 Å². The van der Waals surface area contributed by atoms with Crippen LogP contribution in [0.1, 0.15) is 32.8 Å². The van der Waals surface area contributed by atoms with E-state index in [9.17, 15) is 14.7 Å². The van der Waals surface area contributed by atoms with E-state index in [0.29, 0.717) is 11.4 Å². The number of benzene rings is 2. The molecule has 0 saturated carbocycles. The molecule has 7 heteroatoms. The summed E-state index contributed by atoms with van der Waals surface area (Å²) in [6, 6.07) is 16.2. The maximum absolute atomic E-state index is 12.5. The van der Waals surface area contributed by atoms with Crippen molar-refractivity contribution >= 4 is 23.4 Å². The molecule has 2 amide bonds. The zero-order valence-electron chi connectivity index (χ0n) is 17.0. The van der Waals surface area contributed by atoms with Gasteiger partial charge in [-0.05, 0) is 50.6 Å². The predicted molar refractivity (Wildman–Crippen MR) is 112 cm³/mol. The molecule has 2 rings (SSSR count). The third kappa shape index (κ3) is 8.33. The molecule has 0 fully saturated rings. The number of amides is 2. The van der Waals surface area contributed by atoms with Crippen molar-refractivity contribution in [3.8, 4) is 0 Å². The van der Waals surface area contributed by atoms with Gasteiger partial charge in [-0.25, -0.2) is 4.79 Å². The van der Waals surface area contributed by atoms with Crippen LogP contribution in [0, 0.1) is 0 Å². The highest BCUT2D eigenvalue weighted by Gasteiger charge is 2.19. The molecule has 2 aromatic rings. The van der Waals surface area contributed by atoms with E-state index < -0.39 is 17.8 Å². The third-order valence-corrected chi connectivity index (χ3v) is 3.78. The Morgan fingerprint density at radius 1 is 0.966 bits per heavy atom. The molecule has 156 valence electrons. The first-order valence-corrected chi connectivity index (χ1v) is 9.44. The first-order valence-electron chi connectivity index (χ1n) is 9.44. The SMILES string of the molecule is CC(C)(C)OC(=O)Nc1ccc(NC(=O)[C@@H](CCO)OCc2ccccc2)cc1. The standard InChI is InChI=1S/C22H28N2O5/c1-22(2,3)29-21(27)24-18-11-9-17(10-12-18)23-20(26)19(13-14-25)28-15-16-7-5-4-6-8-16/h4-12,19,25H,13-15H2,1-3H3,(H,23,26)(H,24,27)/t19-/m1/s1. The Kier molecular flexibility index (Phi) is 8.18. The topological polar surface area (TPSA) is 96.9 Å². The monoisotopic (exact) mass is 400 g/mol. The van der Waals surface area contributed by atoms with E-state index in [0.717, 1.165) is 5.56 Å². The Hall–Kier alpha value is -2.90. The lowest BCUT2D eigenvalue weighted by molar-refractivity contribution is -0.129. The largest absolute Gasteiger partial charge is 0.444 e. The number of nitrogens with one attached hydrogen (secondary N) is 2. The molecule has 2 aromatic carbocycles. The van der Waals surface area contributed by atoms with E-state index in [-0.39, 0.29) is 25.5 Å². The summed E-state index contributed by atoms with van der Waals surface area (Å²) in [5.41, 5.74) is 1.46. The van der Waals surface area contributed by atoms with Crippen LogP contribution in [0.4, 0.5) is 16.2 Å². The number of aliphatic hydroxyl groups is 1. The second-order valence-electron chi connectivity index (χ2n) is 7.49. The lowest BCUT2D eigenvalue weighted by Crippen LogP contribution is -2.31. The van der Waals surface area contributed by atoms with Gasteiger partial charge < -0.3 is 19.9 Å². The molecule has 0 aliphatic heterocycles. The minimum Gasteiger partial charge on any atom is -0.444 e. The minimum atomic E-state index is -0.778. The zero-order chi connectivity index (χ0) is 21.3. The van der Waals surface area contributed by atoms with Gasteiger partial charge in [-0.3, -0.25) is 10.1 Å². The van der Waals surface area contributed by atoms with Gasteiger partial charge in [0.25, 0.3) is 5.91 Å². The summed E-state index contributed by atoms with van der Waals surface area (Å²) in [5.74, 6) is -0.345. The van der Waals surface area contributed by atoms with E-state index in [1.54, 1.807) is 45.0 Å². The molecular formula is C22H28N2O5. The number of carbonyl (C=O) groups is 2. The average Bonchev–Trinajstić information content (AvgIpc) is 2.66. The van der Waals surface area contributed by atoms with E-state index >= 15 is 0 Å². The number of hydrogen-bond acceptors (Lipinski definition) is 5. The van der Waals surface area contributed by atoms with Gasteiger partial charge in [-0.15, -0.1) is 0 Å². The molecule has 0 spiro atoms. The van der Waals surface area contributed by atoms with Gasteiger partial charge >= 0.3 is 6.09 Å². The number of aliphatic hydroxyl groups excluding tert-OH is 1. The van der Waals surface area contributed by atoms with Crippen molar-refractivity contribution in [1.29, 1.82) is 0 Å². The minimum absolute atomic E-state index is 0.161. The fourth-order valence-electron chi connectivity index (χ4n) is 2.46. The Morgan fingerprint density at radius 3 is 2.10 bits per heavy atom. The summed E-state index contributed by atoms with van der Waals surface area (Å²) in [5, 5.41) is 14.6. The van der Waals surface area contributed by atoms with Crippen LogP contribution in [0.25, 0.3) is 0 Å². The molecule has 1 atom stereocenters. The molecule has 0 saturated heterocycles. The Labute approximate surface area is 171 Å². The smallest absolute Gasteiger partial charge is 0.412 e. The van der Waals surface area contributed by atoms with E-state index in [1.165, 1.54) is 0 Å². The van der Waals surface area contributed by atoms with Crippen molar-refractivity contribution < 1.29 is 24.2 Å². The van der Waals surface area contributed by atoms with Crippen molar-refractivity contribution in [2.24, 2.45) is 0 Å². The summed E-state index contributed by atoms with van der Waals surface area (Å²) in [6.45, 7) is 5.47. The van der Waals surface area contributed by atoms with Gasteiger partial charge in [-0.2, -0.15) is 0 Å². The van der Waals surface area contributed by atoms with Crippen LogP contribution in [0.5, 0.6) is 0 Å². The molecule has 0 radical (unpaired) electrons. The average molecular weight is 400 g/mol. The zero-order valence-corrected chi connectivity index (χ0v) is 17.0. The van der Waals surface area contributed by atoms with Crippen LogP contribution >= 0.6 is 0 Å². The molecular weight excluding hydrogens is 372 g/mol. The van der Waals surface area contributed by atoms with Crippen molar-refractivity contribution in [1.82, 2.24) is 0 Å². The van der Waals surface area contributed by atoms with E-state index in [2.05, 4.69) is 10.6 Å². The van der Waals surface area contributed by atoms with Gasteiger partial charge in [0.05, 0.1) is 6.61 Å². The molecule has 0 aliphatic carbocycles. The normalized spacial score (nSPS) is 12.1. The van der Waals surface area contributed by atoms with Gasteiger partial charge in [-0.1, -0.05) is 30.3 Å².